The maximum absolute atomic E-state index is 12.7. The van der Waals surface area contributed by atoms with Crippen molar-refractivity contribution < 1.29 is 27.5 Å². The molecule has 27 heavy (non-hydrogen) atoms. The molecule has 0 saturated carbocycles. The molecule has 0 bridgehead atoms. The Morgan fingerprint density at radius 1 is 1.26 bits per heavy atom. The van der Waals surface area contributed by atoms with Crippen molar-refractivity contribution in [2.24, 2.45) is 0 Å². The van der Waals surface area contributed by atoms with E-state index in [4.69, 9.17) is 4.74 Å². The highest BCUT2D eigenvalue weighted by Gasteiger charge is 2.27. The minimum atomic E-state index is -4.00. The van der Waals surface area contributed by atoms with Crippen LogP contribution in [0.5, 0.6) is 5.75 Å². The molecule has 2 aromatic rings. The van der Waals surface area contributed by atoms with Crippen LogP contribution in [0, 0.1) is 0 Å². The monoisotopic (exact) mass is 410 g/mol. The van der Waals surface area contributed by atoms with Crippen molar-refractivity contribution in [1.82, 2.24) is 0 Å². The third-order valence-electron chi connectivity index (χ3n) is 4.09. The highest BCUT2D eigenvalue weighted by molar-refractivity contribution is 7.93. The van der Waals surface area contributed by atoms with Crippen LogP contribution in [0.4, 0.5) is 11.4 Å². The Morgan fingerprint density at radius 2 is 2.04 bits per heavy atom. The lowest BCUT2D eigenvalue weighted by atomic mass is 10.2. The van der Waals surface area contributed by atoms with Gasteiger partial charge in [-0.1, -0.05) is 0 Å². The van der Waals surface area contributed by atoms with E-state index in [0.717, 1.165) is 17.8 Å². The molecule has 1 saturated heterocycles. The fourth-order valence-electron chi connectivity index (χ4n) is 2.83. The van der Waals surface area contributed by atoms with Crippen molar-refractivity contribution >= 4 is 44.6 Å². The number of rotatable bonds is 6. The highest BCUT2D eigenvalue weighted by atomic mass is 32.2. The van der Waals surface area contributed by atoms with Gasteiger partial charge in [0.15, 0.2) is 0 Å². The SMILES string of the molecule is COC(=O)c1sccc1S(=O)(=O)Nc1ccc(N2CCCC2=O)c(OC)c1. The standard InChI is InChI=1S/C17H18N2O6S2/c1-24-13-10-11(5-6-12(13)19-8-3-4-15(19)20)18-27(22,23)14-7-9-26-16(14)17(21)25-2/h5-7,9-10,18H,3-4,8H2,1-2H3. The Bertz CT molecular complexity index is 983. The van der Waals surface area contributed by atoms with Crippen LogP contribution < -0.4 is 14.4 Å². The van der Waals surface area contributed by atoms with Crippen molar-refractivity contribution in [3.8, 4) is 5.75 Å². The minimum absolute atomic E-state index is 0.00243. The molecule has 1 aromatic carbocycles. The van der Waals surface area contributed by atoms with Gasteiger partial charge in [-0.3, -0.25) is 9.52 Å². The zero-order valence-corrected chi connectivity index (χ0v) is 16.4. The zero-order chi connectivity index (χ0) is 19.6. The van der Waals surface area contributed by atoms with Gasteiger partial charge in [-0.15, -0.1) is 11.3 Å². The lowest BCUT2D eigenvalue weighted by Gasteiger charge is -2.20. The second-order valence-electron chi connectivity index (χ2n) is 5.75. The molecule has 1 N–H and O–H groups in total. The molecular weight excluding hydrogens is 392 g/mol. The maximum atomic E-state index is 12.7. The van der Waals surface area contributed by atoms with Gasteiger partial charge >= 0.3 is 5.97 Å². The molecule has 0 atom stereocenters. The molecule has 1 amide bonds. The molecule has 0 aliphatic carbocycles. The van der Waals surface area contributed by atoms with Gasteiger partial charge in [0.1, 0.15) is 15.5 Å². The van der Waals surface area contributed by atoms with Crippen LogP contribution in [0.15, 0.2) is 34.5 Å². The first kappa shape index (κ1) is 19.2. The molecule has 1 aliphatic rings. The van der Waals surface area contributed by atoms with Crippen LogP contribution in [-0.2, 0) is 19.6 Å². The van der Waals surface area contributed by atoms with E-state index >= 15 is 0 Å². The fraction of sp³-hybridized carbons (Fsp3) is 0.294. The number of amides is 1. The van der Waals surface area contributed by atoms with Crippen molar-refractivity contribution in [2.45, 2.75) is 17.7 Å². The lowest BCUT2D eigenvalue weighted by molar-refractivity contribution is -0.117. The van der Waals surface area contributed by atoms with Crippen LogP contribution in [0.3, 0.4) is 0 Å². The number of hydrogen-bond donors (Lipinski definition) is 1. The van der Waals surface area contributed by atoms with Crippen molar-refractivity contribution in [2.75, 3.05) is 30.4 Å². The quantitative estimate of drug-likeness (QED) is 0.734. The number of thiophene rings is 1. The Labute approximate surface area is 160 Å². The summed E-state index contributed by atoms with van der Waals surface area (Å²) in [5.74, 6) is -0.336. The minimum Gasteiger partial charge on any atom is -0.494 e. The summed E-state index contributed by atoms with van der Waals surface area (Å²) < 4.78 is 37.7. The van der Waals surface area contributed by atoms with Gasteiger partial charge in [-0.25, -0.2) is 13.2 Å². The summed E-state index contributed by atoms with van der Waals surface area (Å²) >= 11 is 0.984. The molecule has 144 valence electrons. The first-order chi connectivity index (χ1) is 12.9. The number of hydrogen-bond acceptors (Lipinski definition) is 7. The Morgan fingerprint density at radius 3 is 2.67 bits per heavy atom. The number of sulfonamides is 1. The summed E-state index contributed by atoms with van der Waals surface area (Å²) in [7, 11) is -1.36. The average molecular weight is 410 g/mol. The summed E-state index contributed by atoms with van der Waals surface area (Å²) in [6.45, 7) is 0.595. The molecule has 1 aromatic heterocycles. The number of benzene rings is 1. The molecule has 0 unspecified atom stereocenters. The third kappa shape index (κ3) is 3.76. The summed E-state index contributed by atoms with van der Waals surface area (Å²) in [5, 5.41) is 1.50. The molecule has 3 rings (SSSR count). The van der Waals surface area contributed by atoms with E-state index < -0.39 is 16.0 Å². The zero-order valence-electron chi connectivity index (χ0n) is 14.7. The second kappa shape index (κ2) is 7.57. The van der Waals surface area contributed by atoms with Gasteiger partial charge in [0.25, 0.3) is 10.0 Å². The van der Waals surface area contributed by atoms with E-state index in [2.05, 4.69) is 9.46 Å². The van der Waals surface area contributed by atoms with Crippen LogP contribution >= 0.6 is 11.3 Å². The van der Waals surface area contributed by atoms with Gasteiger partial charge < -0.3 is 14.4 Å². The van der Waals surface area contributed by atoms with E-state index in [1.165, 1.54) is 31.7 Å². The lowest BCUT2D eigenvalue weighted by Crippen LogP contribution is -2.24. The predicted molar refractivity (Wildman–Crippen MR) is 101 cm³/mol. The fourth-order valence-corrected chi connectivity index (χ4v) is 5.21. The van der Waals surface area contributed by atoms with E-state index in [0.29, 0.717) is 24.4 Å². The van der Waals surface area contributed by atoms with E-state index in [1.54, 1.807) is 17.0 Å². The number of nitrogens with one attached hydrogen (secondary N) is 1. The molecule has 1 fully saturated rings. The van der Waals surface area contributed by atoms with Gasteiger partial charge in [-0.05, 0) is 30.0 Å². The number of carbonyl (C=O) groups excluding carboxylic acids is 2. The maximum Gasteiger partial charge on any atom is 0.349 e. The van der Waals surface area contributed by atoms with Crippen LogP contribution in [-0.4, -0.2) is 41.1 Å². The first-order valence-corrected chi connectivity index (χ1v) is 10.4. The summed E-state index contributed by atoms with van der Waals surface area (Å²) in [6.07, 6.45) is 1.25. The van der Waals surface area contributed by atoms with Crippen LogP contribution in [0.1, 0.15) is 22.5 Å². The first-order valence-electron chi connectivity index (χ1n) is 8.04. The van der Waals surface area contributed by atoms with Crippen LogP contribution in [0.25, 0.3) is 0 Å². The topological polar surface area (TPSA) is 102 Å². The summed E-state index contributed by atoms with van der Waals surface area (Å²) in [4.78, 5) is 25.2. The third-order valence-corrected chi connectivity index (χ3v) is 6.53. The Balaban J connectivity index is 1.90. The molecule has 2 heterocycles. The molecule has 0 spiro atoms. The van der Waals surface area contributed by atoms with E-state index in [9.17, 15) is 18.0 Å². The number of methoxy groups -OCH3 is 2. The largest absolute Gasteiger partial charge is 0.494 e. The normalized spacial score (nSPS) is 14.3. The average Bonchev–Trinajstić information content (AvgIpc) is 3.30. The smallest absolute Gasteiger partial charge is 0.349 e. The molecule has 10 heteroatoms. The van der Waals surface area contributed by atoms with Gasteiger partial charge in [0.05, 0.1) is 25.6 Å². The molecule has 8 nitrogen and oxygen atoms in total. The van der Waals surface area contributed by atoms with Crippen molar-refractivity contribution in [3.05, 3.63) is 34.5 Å². The summed E-state index contributed by atoms with van der Waals surface area (Å²) in [5.41, 5.74) is 0.845. The highest BCUT2D eigenvalue weighted by Crippen LogP contribution is 2.35. The van der Waals surface area contributed by atoms with Crippen LogP contribution in [0.2, 0.25) is 0 Å². The molecule has 0 radical (unpaired) electrons. The summed E-state index contributed by atoms with van der Waals surface area (Å²) in [6, 6.07) is 6.02. The number of carbonyl (C=O) groups is 2. The second-order valence-corrected chi connectivity index (χ2v) is 8.31. The van der Waals surface area contributed by atoms with Gasteiger partial charge in [0.2, 0.25) is 5.91 Å². The van der Waals surface area contributed by atoms with Gasteiger partial charge in [-0.2, -0.15) is 0 Å². The van der Waals surface area contributed by atoms with Crippen molar-refractivity contribution in [3.63, 3.8) is 0 Å². The number of esters is 1. The molecular formula is C17H18N2O6S2. The predicted octanol–water partition coefficient (Wildman–Crippen LogP) is 2.47. The van der Waals surface area contributed by atoms with Gasteiger partial charge in [0, 0.05) is 19.0 Å². The Kier molecular flexibility index (Phi) is 5.38. The number of ether oxygens (including phenoxy) is 2. The molecule has 1 aliphatic heterocycles. The van der Waals surface area contributed by atoms with E-state index in [-0.39, 0.29) is 21.4 Å². The Hall–Kier alpha value is -2.59. The van der Waals surface area contributed by atoms with E-state index in [1.807, 2.05) is 0 Å². The number of nitrogens with zero attached hydrogens (tertiary/aromatic N) is 1. The number of anilines is 2. The van der Waals surface area contributed by atoms with Crippen molar-refractivity contribution in [1.29, 1.82) is 0 Å².